The van der Waals surface area contributed by atoms with E-state index in [2.05, 4.69) is 20.8 Å². The average molecular weight is 326 g/mol. The lowest BCUT2D eigenvalue weighted by molar-refractivity contribution is 0.126. The van der Waals surface area contributed by atoms with E-state index in [1.165, 1.54) is 9.21 Å². The monoisotopic (exact) mass is 326 g/mol. The Kier molecular flexibility index (Phi) is 4.49. The van der Waals surface area contributed by atoms with Gasteiger partial charge in [0, 0.05) is 26.2 Å². The number of sulfonamides is 1. The van der Waals surface area contributed by atoms with Crippen LogP contribution in [0.2, 0.25) is 0 Å². The molecule has 1 aromatic carbocycles. The molecule has 0 atom stereocenters. The maximum Gasteiger partial charge on any atom is 0.407 e. The van der Waals surface area contributed by atoms with Gasteiger partial charge in [-0.2, -0.15) is 4.31 Å². The summed E-state index contributed by atoms with van der Waals surface area (Å²) in [5.41, 5.74) is 1.04. The summed E-state index contributed by atoms with van der Waals surface area (Å²) in [5, 5.41) is 8.91. The number of nitrogens with zero attached hydrogens (tertiary/aromatic N) is 2. The van der Waals surface area contributed by atoms with E-state index in [4.69, 9.17) is 5.11 Å². The highest BCUT2D eigenvalue weighted by atomic mass is 32.2. The standard InChI is InChI=1S/C15H22N2O4S/c1-15(2,3)12-4-6-13(7-5-12)22(20,21)17-10-8-16(9-11-17)14(18)19/h4-7H,8-11H2,1-3H3,(H,18,19). The Balaban J connectivity index is 2.16. The van der Waals surface area contributed by atoms with E-state index >= 15 is 0 Å². The van der Waals surface area contributed by atoms with Crippen LogP contribution in [0.15, 0.2) is 29.2 Å². The van der Waals surface area contributed by atoms with Crippen LogP contribution in [0.5, 0.6) is 0 Å². The molecule has 7 heteroatoms. The maximum atomic E-state index is 12.6. The number of piperazine rings is 1. The van der Waals surface area contributed by atoms with Crippen molar-refractivity contribution in [3.63, 3.8) is 0 Å². The van der Waals surface area contributed by atoms with Crippen LogP contribution in [0, 0.1) is 0 Å². The van der Waals surface area contributed by atoms with Gasteiger partial charge in [0.05, 0.1) is 4.90 Å². The summed E-state index contributed by atoms with van der Waals surface area (Å²) in [6.07, 6.45) is -1.01. The third-order valence-corrected chi connectivity index (χ3v) is 5.78. The van der Waals surface area contributed by atoms with Gasteiger partial charge in [0.2, 0.25) is 10.0 Å². The van der Waals surface area contributed by atoms with Crippen LogP contribution in [0.1, 0.15) is 26.3 Å². The lowest BCUT2D eigenvalue weighted by Gasteiger charge is -2.32. The Labute approximate surface area is 131 Å². The largest absolute Gasteiger partial charge is 0.465 e. The molecule has 1 aliphatic heterocycles. The van der Waals surface area contributed by atoms with Gasteiger partial charge in [-0.15, -0.1) is 0 Å². The minimum atomic E-state index is -3.56. The average Bonchev–Trinajstić information content (AvgIpc) is 2.46. The molecule has 1 aromatic rings. The molecule has 0 radical (unpaired) electrons. The highest BCUT2D eigenvalue weighted by molar-refractivity contribution is 7.89. The molecule has 0 bridgehead atoms. The molecule has 1 fully saturated rings. The van der Waals surface area contributed by atoms with Crippen molar-refractivity contribution in [2.75, 3.05) is 26.2 Å². The molecule has 1 N–H and O–H groups in total. The smallest absolute Gasteiger partial charge is 0.407 e. The fourth-order valence-electron chi connectivity index (χ4n) is 2.40. The zero-order chi connectivity index (χ0) is 16.5. The van der Waals surface area contributed by atoms with E-state index in [1.54, 1.807) is 12.1 Å². The quantitative estimate of drug-likeness (QED) is 0.901. The van der Waals surface area contributed by atoms with Crippen molar-refractivity contribution in [3.05, 3.63) is 29.8 Å². The summed E-state index contributed by atoms with van der Waals surface area (Å²) >= 11 is 0. The fourth-order valence-corrected chi connectivity index (χ4v) is 3.82. The summed E-state index contributed by atoms with van der Waals surface area (Å²) in [5.74, 6) is 0. The van der Waals surface area contributed by atoms with Crippen LogP contribution >= 0.6 is 0 Å². The number of benzene rings is 1. The van der Waals surface area contributed by atoms with E-state index < -0.39 is 16.1 Å². The summed E-state index contributed by atoms with van der Waals surface area (Å²) in [4.78, 5) is 12.4. The SMILES string of the molecule is CC(C)(C)c1ccc(S(=O)(=O)N2CCN(C(=O)O)CC2)cc1. The van der Waals surface area contributed by atoms with Crippen LogP contribution in [-0.2, 0) is 15.4 Å². The topological polar surface area (TPSA) is 77.9 Å². The predicted octanol–water partition coefficient (Wildman–Crippen LogP) is 1.97. The van der Waals surface area contributed by atoms with E-state index in [-0.39, 0.29) is 36.5 Å². The lowest BCUT2D eigenvalue weighted by atomic mass is 9.87. The normalized spacial score (nSPS) is 17.5. The van der Waals surface area contributed by atoms with Crippen LogP contribution in [0.4, 0.5) is 4.79 Å². The number of carbonyl (C=O) groups is 1. The summed E-state index contributed by atoms with van der Waals surface area (Å²) in [7, 11) is -3.56. The Hall–Kier alpha value is -1.60. The molecule has 6 nitrogen and oxygen atoms in total. The van der Waals surface area contributed by atoms with Crippen LogP contribution in [0.25, 0.3) is 0 Å². The van der Waals surface area contributed by atoms with Crippen molar-refractivity contribution in [2.24, 2.45) is 0 Å². The third kappa shape index (κ3) is 3.41. The first-order valence-electron chi connectivity index (χ1n) is 7.21. The zero-order valence-electron chi connectivity index (χ0n) is 13.1. The first kappa shape index (κ1) is 16.8. The molecule has 122 valence electrons. The summed E-state index contributed by atoms with van der Waals surface area (Å²) in [6.45, 7) is 7.00. The van der Waals surface area contributed by atoms with Gasteiger partial charge in [0.15, 0.2) is 0 Å². The van der Waals surface area contributed by atoms with Crippen LogP contribution in [-0.4, -0.2) is 55.0 Å². The molecule has 1 saturated heterocycles. The van der Waals surface area contributed by atoms with Crippen molar-refractivity contribution in [1.29, 1.82) is 0 Å². The Morgan fingerprint density at radius 2 is 1.55 bits per heavy atom. The molecule has 1 amide bonds. The predicted molar refractivity (Wildman–Crippen MR) is 83.5 cm³/mol. The number of amides is 1. The van der Waals surface area contributed by atoms with Gasteiger partial charge < -0.3 is 10.0 Å². The minimum absolute atomic E-state index is 0.0323. The van der Waals surface area contributed by atoms with Gasteiger partial charge in [-0.05, 0) is 23.1 Å². The number of hydrogen-bond donors (Lipinski definition) is 1. The van der Waals surface area contributed by atoms with Crippen molar-refractivity contribution in [3.8, 4) is 0 Å². The second-order valence-corrected chi connectivity index (χ2v) is 8.39. The molecule has 0 unspecified atom stereocenters. The van der Waals surface area contributed by atoms with Crippen molar-refractivity contribution < 1.29 is 18.3 Å². The van der Waals surface area contributed by atoms with Gasteiger partial charge in [0.25, 0.3) is 0 Å². The van der Waals surface area contributed by atoms with Gasteiger partial charge in [-0.1, -0.05) is 32.9 Å². The minimum Gasteiger partial charge on any atom is -0.465 e. The van der Waals surface area contributed by atoms with Crippen molar-refractivity contribution >= 4 is 16.1 Å². The van der Waals surface area contributed by atoms with E-state index in [0.29, 0.717) is 0 Å². The Bertz CT molecular complexity index is 639. The van der Waals surface area contributed by atoms with Crippen LogP contribution < -0.4 is 0 Å². The van der Waals surface area contributed by atoms with E-state index in [0.717, 1.165) is 5.56 Å². The Morgan fingerprint density at radius 1 is 1.05 bits per heavy atom. The highest BCUT2D eigenvalue weighted by Gasteiger charge is 2.30. The Morgan fingerprint density at radius 3 is 1.95 bits per heavy atom. The molecule has 0 saturated carbocycles. The molecule has 1 heterocycles. The first-order valence-corrected chi connectivity index (χ1v) is 8.65. The van der Waals surface area contributed by atoms with Gasteiger partial charge in [-0.3, -0.25) is 0 Å². The van der Waals surface area contributed by atoms with Crippen molar-refractivity contribution in [1.82, 2.24) is 9.21 Å². The molecular weight excluding hydrogens is 304 g/mol. The molecule has 0 spiro atoms. The third-order valence-electron chi connectivity index (χ3n) is 3.87. The summed E-state index contributed by atoms with van der Waals surface area (Å²) in [6, 6.07) is 6.92. The van der Waals surface area contributed by atoms with Gasteiger partial charge in [0.1, 0.15) is 0 Å². The molecule has 1 aliphatic rings. The van der Waals surface area contributed by atoms with E-state index in [9.17, 15) is 13.2 Å². The van der Waals surface area contributed by atoms with E-state index in [1.807, 2.05) is 12.1 Å². The fraction of sp³-hybridized carbons (Fsp3) is 0.533. The van der Waals surface area contributed by atoms with Crippen molar-refractivity contribution in [2.45, 2.75) is 31.1 Å². The second-order valence-electron chi connectivity index (χ2n) is 6.45. The number of hydrogen-bond acceptors (Lipinski definition) is 3. The van der Waals surface area contributed by atoms with Gasteiger partial charge >= 0.3 is 6.09 Å². The highest BCUT2D eigenvalue weighted by Crippen LogP contribution is 2.25. The second kappa shape index (κ2) is 5.89. The number of rotatable bonds is 2. The molecular formula is C15H22N2O4S. The molecule has 22 heavy (non-hydrogen) atoms. The first-order chi connectivity index (χ1) is 10.1. The van der Waals surface area contributed by atoms with Gasteiger partial charge in [-0.25, -0.2) is 13.2 Å². The number of carboxylic acid groups (broad SMARTS) is 1. The summed E-state index contributed by atoms with van der Waals surface area (Å²) < 4.78 is 26.5. The lowest BCUT2D eigenvalue weighted by Crippen LogP contribution is -2.50. The van der Waals surface area contributed by atoms with Crippen LogP contribution in [0.3, 0.4) is 0 Å². The molecule has 0 aliphatic carbocycles. The zero-order valence-corrected chi connectivity index (χ0v) is 13.9. The maximum absolute atomic E-state index is 12.6. The molecule has 0 aromatic heterocycles. The molecule has 2 rings (SSSR count).